The van der Waals surface area contributed by atoms with Crippen molar-refractivity contribution >= 4 is 5.91 Å². The molecule has 2 aromatic rings. The van der Waals surface area contributed by atoms with Crippen LogP contribution in [0, 0.1) is 12.7 Å². The molecule has 0 fully saturated rings. The van der Waals surface area contributed by atoms with Crippen LogP contribution in [0.3, 0.4) is 0 Å². The van der Waals surface area contributed by atoms with Crippen LogP contribution in [0.25, 0.3) is 0 Å². The predicted octanol–water partition coefficient (Wildman–Crippen LogP) is 2.99. The third kappa shape index (κ3) is 3.91. The van der Waals surface area contributed by atoms with E-state index in [-0.39, 0.29) is 11.7 Å². The van der Waals surface area contributed by atoms with Gasteiger partial charge in [-0.15, -0.1) is 0 Å². The second-order valence-corrected chi connectivity index (χ2v) is 4.52. The van der Waals surface area contributed by atoms with E-state index in [2.05, 4.69) is 5.32 Å². The summed E-state index contributed by atoms with van der Waals surface area (Å²) in [6.07, 6.45) is 0.362. The number of amides is 1. The zero-order valence-electron chi connectivity index (χ0n) is 10.8. The fraction of sp³-hybridized carbons (Fsp3) is 0.188. The number of aryl methyl sites for hydroxylation is 1. The van der Waals surface area contributed by atoms with Gasteiger partial charge in [-0.2, -0.15) is 0 Å². The molecule has 1 N–H and O–H groups in total. The van der Waals surface area contributed by atoms with Crippen LogP contribution in [0.4, 0.5) is 4.39 Å². The maximum absolute atomic E-state index is 13.1. The molecule has 0 saturated heterocycles. The van der Waals surface area contributed by atoms with Crippen LogP contribution in [-0.2, 0) is 17.8 Å². The number of rotatable bonds is 4. The molecule has 0 spiro atoms. The maximum atomic E-state index is 13.1. The molecule has 0 bridgehead atoms. The third-order valence-corrected chi connectivity index (χ3v) is 2.92. The van der Waals surface area contributed by atoms with Gasteiger partial charge in [-0.1, -0.05) is 42.5 Å². The first-order valence-corrected chi connectivity index (χ1v) is 6.21. The molecule has 0 atom stereocenters. The molecule has 1 amide bonds. The summed E-state index contributed by atoms with van der Waals surface area (Å²) in [6.45, 7) is 2.14. The van der Waals surface area contributed by atoms with Gasteiger partial charge >= 0.3 is 0 Å². The molecule has 0 aliphatic carbocycles. The van der Waals surface area contributed by atoms with Crippen molar-refractivity contribution in [3.63, 3.8) is 0 Å². The highest BCUT2D eigenvalue weighted by atomic mass is 19.1. The Kier molecular flexibility index (Phi) is 4.29. The number of hydrogen-bond acceptors (Lipinski definition) is 1. The van der Waals surface area contributed by atoms with Gasteiger partial charge in [-0.05, 0) is 29.7 Å². The van der Waals surface area contributed by atoms with E-state index in [9.17, 15) is 9.18 Å². The van der Waals surface area contributed by atoms with Crippen molar-refractivity contribution in [2.75, 3.05) is 0 Å². The third-order valence-electron chi connectivity index (χ3n) is 2.92. The molecule has 0 aliphatic rings. The summed E-state index contributed by atoms with van der Waals surface area (Å²) in [7, 11) is 0. The van der Waals surface area contributed by atoms with Crippen LogP contribution in [-0.4, -0.2) is 5.91 Å². The Labute approximate surface area is 112 Å². The Balaban J connectivity index is 1.88. The van der Waals surface area contributed by atoms with Crippen molar-refractivity contribution in [1.29, 1.82) is 0 Å². The van der Waals surface area contributed by atoms with Gasteiger partial charge in [0, 0.05) is 6.54 Å². The zero-order valence-corrected chi connectivity index (χ0v) is 10.8. The molecule has 2 nitrogen and oxygen atoms in total. The van der Waals surface area contributed by atoms with Crippen LogP contribution in [0.1, 0.15) is 16.7 Å². The smallest absolute Gasteiger partial charge is 0.224 e. The van der Waals surface area contributed by atoms with Gasteiger partial charge in [-0.25, -0.2) is 4.39 Å². The van der Waals surface area contributed by atoms with Gasteiger partial charge in [0.1, 0.15) is 5.82 Å². The number of nitrogens with one attached hydrogen (secondary N) is 1. The highest BCUT2D eigenvalue weighted by molar-refractivity contribution is 5.78. The van der Waals surface area contributed by atoms with E-state index in [0.29, 0.717) is 18.5 Å². The van der Waals surface area contributed by atoms with Crippen LogP contribution in [0.15, 0.2) is 48.5 Å². The monoisotopic (exact) mass is 257 g/mol. The van der Waals surface area contributed by atoms with Gasteiger partial charge in [0.05, 0.1) is 6.42 Å². The normalized spacial score (nSPS) is 10.2. The quantitative estimate of drug-likeness (QED) is 0.896. The topological polar surface area (TPSA) is 29.1 Å². The zero-order chi connectivity index (χ0) is 13.7. The standard InChI is InChI=1S/C16H16FNO/c1-12-9-14(7-8-15(12)17)11-18-16(19)10-13-5-3-2-4-6-13/h2-9H,10-11H2,1H3,(H,18,19). The number of carbonyl (C=O) groups is 1. The molecule has 0 saturated carbocycles. The van der Waals surface area contributed by atoms with Crippen LogP contribution in [0.2, 0.25) is 0 Å². The first kappa shape index (κ1) is 13.3. The summed E-state index contributed by atoms with van der Waals surface area (Å²) in [4.78, 5) is 11.8. The summed E-state index contributed by atoms with van der Waals surface area (Å²) in [5, 5.41) is 2.83. The van der Waals surface area contributed by atoms with E-state index in [0.717, 1.165) is 11.1 Å². The van der Waals surface area contributed by atoms with E-state index >= 15 is 0 Å². The minimum atomic E-state index is -0.223. The van der Waals surface area contributed by atoms with E-state index in [1.54, 1.807) is 19.1 Å². The van der Waals surface area contributed by atoms with Crippen molar-refractivity contribution in [1.82, 2.24) is 5.32 Å². The minimum absolute atomic E-state index is 0.0341. The summed E-state index contributed by atoms with van der Waals surface area (Å²) >= 11 is 0. The molecular weight excluding hydrogens is 241 g/mol. The Morgan fingerprint density at radius 2 is 1.84 bits per heavy atom. The van der Waals surface area contributed by atoms with Gasteiger partial charge in [-0.3, -0.25) is 4.79 Å². The summed E-state index contributed by atoms with van der Waals surface area (Å²) in [6, 6.07) is 14.4. The second-order valence-electron chi connectivity index (χ2n) is 4.52. The summed E-state index contributed by atoms with van der Waals surface area (Å²) < 4.78 is 13.1. The largest absolute Gasteiger partial charge is 0.352 e. The molecule has 2 rings (SSSR count). The van der Waals surface area contributed by atoms with Crippen molar-refractivity contribution in [2.24, 2.45) is 0 Å². The highest BCUT2D eigenvalue weighted by Gasteiger charge is 2.04. The number of benzene rings is 2. The molecule has 0 heterocycles. The van der Waals surface area contributed by atoms with Crippen molar-refractivity contribution in [2.45, 2.75) is 19.9 Å². The molecule has 19 heavy (non-hydrogen) atoms. The van der Waals surface area contributed by atoms with Gasteiger partial charge in [0.15, 0.2) is 0 Å². The minimum Gasteiger partial charge on any atom is -0.352 e. The van der Waals surface area contributed by atoms with E-state index < -0.39 is 0 Å². The molecule has 3 heteroatoms. The van der Waals surface area contributed by atoms with E-state index in [1.165, 1.54) is 6.07 Å². The molecule has 0 unspecified atom stereocenters. The molecule has 0 aliphatic heterocycles. The summed E-state index contributed by atoms with van der Waals surface area (Å²) in [5.74, 6) is -0.257. The number of carbonyl (C=O) groups excluding carboxylic acids is 1. The maximum Gasteiger partial charge on any atom is 0.224 e. The average Bonchev–Trinajstić information content (AvgIpc) is 2.41. The van der Waals surface area contributed by atoms with Crippen molar-refractivity contribution in [3.05, 3.63) is 71.0 Å². The predicted molar refractivity (Wildman–Crippen MR) is 73.1 cm³/mol. The highest BCUT2D eigenvalue weighted by Crippen LogP contribution is 2.09. The fourth-order valence-electron chi connectivity index (χ4n) is 1.86. The van der Waals surface area contributed by atoms with Crippen LogP contribution in [0.5, 0.6) is 0 Å². The molecule has 2 aromatic carbocycles. The Hall–Kier alpha value is -2.16. The first-order valence-electron chi connectivity index (χ1n) is 6.21. The Bertz CT molecular complexity index is 566. The first-order chi connectivity index (χ1) is 9.15. The van der Waals surface area contributed by atoms with E-state index in [1.807, 2.05) is 30.3 Å². The number of halogens is 1. The van der Waals surface area contributed by atoms with Crippen molar-refractivity contribution < 1.29 is 9.18 Å². The van der Waals surface area contributed by atoms with Crippen LogP contribution >= 0.6 is 0 Å². The Morgan fingerprint density at radius 3 is 2.53 bits per heavy atom. The lowest BCUT2D eigenvalue weighted by Crippen LogP contribution is -2.24. The average molecular weight is 257 g/mol. The lowest BCUT2D eigenvalue weighted by atomic mass is 10.1. The second kappa shape index (κ2) is 6.14. The molecule has 0 radical (unpaired) electrons. The van der Waals surface area contributed by atoms with Gasteiger partial charge in [0.25, 0.3) is 0 Å². The molecule has 0 aromatic heterocycles. The van der Waals surface area contributed by atoms with Gasteiger partial charge in [0.2, 0.25) is 5.91 Å². The fourth-order valence-corrected chi connectivity index (χ4v) is 1.86. The lowest BCUT2D eigenvalue weighted by Gasteiger charge is -2.06. The SMILES string of the molecule is Cc1cc(CNC(=O)Cc2ccccc2)ccc1F. The van der Waals surface area contributed by atoms with Gasteiger partial charge < -0.3 is 5.32 Å². The molecular formula is C16H16FNO. The van der Waals surface area contributed by atoms with E-state index in [4.69, 9.17) is 0 Å². The van der Waals surface area contributed by atoms with Crippen molar-refractivity contribution in [3.8, 4) is 0 Å². The number of hydrogen-bond donors (Lipinski definition) is 1. The summed E-state index contributed by atoms with van der Waals surface area (Å²) in [5.41, 5.74) is 2.48. The lowest BCUT2D eigenvalue weighted by molar-refractivity contribution is -0.120. The Morgan fingerprint density at radius 1 is 1.11 bits per heavy atom. The molecule has 98 valence electrons. The van der Waals surface area contributed by atoms with Crippen LogP contribution < -0.4 is 5.32 Å².